The third-order valence-corrected chi connectivity index (χ3v) is 4.57. The van der Waals surface area contributed by atoms with Crippen molar-refractivity contribution in [2.24, 2.45) is 17.8 Å². The van der Waals surface area contributed by atoms with E-state index in [0.717, 1.165) is 17.8 Å². The van der Waals surface area contributed by atoms with Crippen molar-refractivity contribution < 1.29 is 0 Å². The van der Waals surface area contributed by atoms with Gasteiger partial charge >= 0.3 is 0 Å². The van der Waals surface area contributed by atoms with Crippen LogP contribution in [-0.4, -0.2) is 25.5 Å². The zero-order valence-electron chi connectivity index (χ0n) is 13.3. The van der Waals surface area contributed by atoms with E-state index in [2.05, 4.69) is 32.8 Å². The average molecular weight is 253 g/mol. The van der Waals surface area contributed by atoms with Gasteiger partial charge in [-0.15, -0.1) is 0 Å². The van der Waals surface area contributed by atoms with Gasteiger partial charge in [0.15, 0.2) is 0 Å². The topological polar surface area (TPSA) is 3.24 Å². The van der Waals surface area contributed by atoms with Crippen molar-refractivity contribution >= 4 is 0 Å². The van der Waals surface area contributed by atoms with Crippen molar-refractivity contribution in [2.45, 2.75) is 71.6 Å². The Morgan fingerprint density at radius 1 is 0.889 bits per heavy atom. The fourth-order valence-corrected chi connectivity index (χ4v) is 3.75. The molecule has 3 unspecified atom stereocenters. The average Bonchev–Trinajstić information content (AvgIpc) is 2.28. The van der Waals surface area contributed by atoms with E-state index in [9.17, 15) is 0 Å². The second-order valence-electron chi connectivity index (χ2n) is 6.99. The zero-order chi connectivity index (χ0) is 13.4. The van der Waals surface area contributed by atoms with Crippen LogP contribution in [0.15, 0.2) is 0 Å². The molecule has 1 rings (SSSR count). The summed E-state index contributed by atoms with van der Waals surface area (Å²) in [5, 5.41) is 0. The van der Waals surface area contributed by atoms with Crippen LogP contribution < -0.4 is 0 Å². The fourth-order valence-electron chi connectivity index (χ4n) is 3.75. The maximum Gasteiger partial charge on any atom is -0.00247 e. The lowest BCUT2D eigenvalue weighted by Gasteiger charge is -2.33. The van der Waals surface area contributed by atoms with Crippen LogP contribution in [0, 0.1) is 17.8 Å². The first kappa shape index (κ1) is 16.0. The molecule has 1 aliphatic carbocycles. The van der Waals surface area contributed by atoms with Crippen LogP contribution in [0.4, 0.5) is 0 Å². The molecule has 108 valence electrons. The first-order valence-electron chi connectivity index (χ1n) is 8.26. The molecular weight excluding hydrogens is 218 g/mol. The molecular formula is C17H35N. The zero-order valence-corrected chi connectivity index (χ0v) is 13.3. The van der Waals surface area contributed by atoms with Crippen molar-refractivity contribution in [3.05, 3.63) is 0 Å². The van der Waals surface area contributed by atoms with Gasteiger partial charge in [0.2, 0.25) is 0 Å². The first-order chi connectivity index (χ1) is 8.61. The van der Waals surface area contributed by atoms with E-state index in [1.54, 1.807) is 0 Å². The van der Waals surface area contributed by atoms with Crippen LogP contribution in [0.2, 0.25) is 0 Å². The minimum Gasteiger partial charge on any atom is -0.309 e. The lowest BCUT2D eigenvalue weighted by atomic mass is 9.73. The number of hydrogen-bond donors (Lipinski definition) is 0. The molecule has 0 aromatic heterocycles. The van der Waals surface area contributed by atoms with Crippen molar-refractivity contribution in [2.75, 3.05) is 20.6 Å². The molecule has 0 amide bonds. The Hall–Kier alpha value is -0.0400. The summed E-state index contributed by atoms with van der Waals surface area (Å²) in [6, 6.07) is 0. The maximum absolute atomic E-state index is 2.48. The van der Waals surface area contributed by atoms with Gasteiger partial charge in [0.25, 0.3) is 0 Å². The summed E-state index contributed by atoms with van der Waals surface area (Å²) in [7, 11) is 4.38. The Morgan fingerprint density at radius 2 is 1.50 bits per heavy atom. The summed E-state index contributed by atoms with van der Waals surface area (Å²) in [5.41, 5.74) is 0. The van der Waals surface area contributed by atoms with Gasteiger partial charge in [-0.25, -0.2) is 0 Å². The van der Waals surface area contributed by atoms with Crippen LogP contribution in [0.5, 0.6) is 0 Å². The Labute approximate surface area is 115 Å². The summed E-state index contributed by atoms with van der Waals surface area (Å²) in [6.45, 7) is 6.06. The van der Waals surface area contributed by atoms with E-state index in [4.69, 9.17) is 0 Å². The Kier molecular flexibility index (Phi) is 7.97. The van der Waals surface area contributed by atoms with Gasteiger partial charge in [-0.2, -0.15) is 0 Å². The lowest BCUT2D eigenvalue weighted by Crippen LogP contribution is -2.22. The Morgan fingerprint density at radius 3 is 2.06 bits per heavy atom. The van der Waals surface area contributed by atoms with Crippen molar-refractivity contribution in [3.63, 3.8) is 0 Å². The van der Waals surface area contributed by atoms with Crippen molar-refractivity contribution in [1.82, 2.24) is 4.90 Å². The number of unbranched alkanes of at least 4 members (excludes halogenated alkanes) is 2. The molecule has 0 aromatic carbocycles. The van der Waals surface area contributed by atoms with E-state index in [-0.39, 0.29) is 0 Å². The van der Waals surface area contributed by atoms with Gasteiger partial charge in [-0.1, -0.05) is 39.5 Å². The first-order valence-corrected chi connectivity index (χ1v) is 8.26. The standard InChI is InChI=1S/C17H35N/c1-5-6-7-9-16-12-15(2)13-17(14-16)10-8-11-18(3)4/h15-17H,5-14H2,1-4H3. The normalized spacial score (nSPS) is 28.8. The largest absolute Gasteiger partial charge is 0.309 e. The van der Waals surface area contributed by atoms with Crippen molar-refractivity contribution in [3.8, 4) is 0 Å². The molecule has 1 saturated carbocycles. The van der Waals surface area contributed by atoms with Crippen LogP contribution in [0.25, 0.3) is 0 Å². The monoisotopic (exact) mass is 253 g/mol. The Bertz CT molecular complexity index is 200. The second kappa shape index (κ2) is 8.96. The van der Waals surface area contributed by atoms with Crippen LogP contribution in [0.3, 0.4) is 0 Å². The molecule has 1 heteroatoms. The van der Waals surface area contributed by atoms with Gasteiger partial charge in [-0.3, -0.25) is 0 Å². The highest BCUT2D eigenvalue weighted by Crippen LogP contribution is 2.37. The molecule has 0 saturated heterocycles. The predicted molar refractivity (Wildman–Crippen MR) is 81.9 cm³/mol. The molecule has 0 aromatic rings. The molecule has 0 spiro atoms. The summed E-state index contributed by atoms with van der Waals surface area (Å²) in [6.07, 6.45) is 13.2. The van der Waals surface area contributed by atoms with Gasteiger partial charge < -0.3 is 4.90 Å². The fraction of sp³-hybridized carbons (Fsp3) is 1.00. The smallest absolute Gasteiger partial charge is 0.00247 e. The molecule has 0 bridgehead atoms. The quantitative estimate of drug-likeness (QED) is 0.553. The third-order valence-electron chi connectivity index (χ3n) is 4.57. The highest BCUT2D eigenvalue weighted by atomic mass is 15.0. The highest BCUT2D eigenvalue weighted by Gasteiger charge is 2.25. The summed E-state index contributed by atoms with van der Waals surface area (Å²) < 4.78 is 0. The van der Waals surface area contributed by atoms with E-state index >= 15 is 0 Å². The van der Waals surface area contributed by atoms with Gasteiger partial charge in [-0.05, 0) is 70.5 Å². The molecule has 1 nitrogen and oxygen atoms in total. The molecule has 0 heterocycles. The molecule has 0 radical (unpaired) electrons. The molecule has 3 atom stereocenters. The summed E-state index contributed by atoms with van der Waals surface area (Å²) >= 11 is 0. The van der Waals surface area contributed by atoms with Crippen LogP contribution >= 0.6 is 0 Å². The lowest BCUT2D eigenvalue weighted by molar-refractivity contribution is 0.181. The SMILES string of the molecule is CCCCCC1CC(C)CC(CCCN(C)C)C1. The Balaban J connectivity index is 2.22. The molecule has 1 aliphatic rings. The molecule has 0 N–H and O–H groups in total. The van der Waals surface area contributed by atoms with Crippen LogP contribution in [-0.2, 0) is 0 Å². The number of nitrogens with zero attached hydrogens (tertiary/aromatic N) is 1. The number of hydrogen-bond acceptors (Lipinski definition) is 1. The van der Waals surface area contributed by atoms with Crippen LogP contribution in [0.1, 0.15) is 71.6 Å². The van der Waals surface area contributed by atoms with E-state index in [1.165, 1.54) is 64.3 Å². The minimum absolute atomic E-state index is 0.981. The van der Waals surface area contributed by atoms with Gasteiger partial charge in [0, 0.05) is 0 Å². The van der Waals surface area contributed by atoms with Gasteiger partial charge in [0.05, 0.1) is 0 Å². The number of rotatable bonds is 8. The van der Waals surface area contributed by atoms with Gasteiger partial charge in [0.1, 0.15) is 0 Å². The second-order valence-corrected chi connectivity index (χ2v) is 6.99. The minimum atomic E-state index is 0.981. The molecule has 1 fully saturated rings. The van der Waals surface area contributed by atoms with Crippen molar-refractivity contribution in [1.29, 1.82) is 0 Å². The molecule has 0 aliphatic heterocycles. The summed E-state index contributed by atoms with van der Waals surface area (Å²) in [5.74, 6) is 3.06. The van der Waals surface area contributed by atoms with E-state index in [0.29, 0.717) is 0 Å². The maximum atomic E-state index is 2.48. The predicted octanol–water partition coefficient (Wildman–Crippen LogP) is 4.96. The summed E-state index contributed by atoms with van der Waals surface area (Å²) in [4.78, 5) is 2.32. The van der Waals surface area contributed by atoms with E-state index in [1.807, 2.05) is 0 Å². The highest BCUT2D eigenvalue weighted by molar-refractivity contribution is 4.77. The molecule has 18 heavy (non-hydrogen) atoms. The third kappa shape index (κ3) is 6.78. The van der Waals surface area contributed by atoms with E-state index < -0.39 is 0 Å².